The molecule has 0 radical (unpaired) electrons. The topological polar surface area (TPSA) is 37.4 Å². The van der Waals surface area contributed by atoms with Crippen molar-refractivity contribution in [2.24, 2.45) is 5.92 Å². The Kier molecular flexibility index (Phi) is 4.96. The molecule has 1 unspecified atom stereocenters. The molecule has 1 aliphatic rings. The number of nitrogens with zero attached hydrogens (tertiary/aromatic N) is 2. The number of hydrogen-bond donors (Lipinski definition) is 1. The van der Waals surface area contributed by atoms with Crippen LogP contribution in [0.25, 0.3) is 0 Å². The van der Waals surface area contributed by atoms with Gasteiger partial charge >= 0.3 is 0 Å². The molecule has 2 heterocycles. The largest absolute Gasteiger partial charge is 0.384 e. The summed E-state index contributed by atoms with van der Waals surface area (Å²) < 4.78 is 5.25. The first-order valence-corrected chi connectivity index (χ1v) is 6.73. The molecule has 0 aromatic carbocycles. The third-order valence-electron chi connectivity index (χ3n) is 3.42. The van der Waals surface area contributed by atoms with Gasteiger partial charge in [-0.05, 0) is 19.0 Å². The predicted molar refractivity (Wildman–Crippen MR) is 73.8 cm³/mol. The summed E-state index contributed by atoms with van der Waals surface area (Å²) in [5.41, 5.74) is 1.29. The average Bonchev–Trinajstić information content (AvgIpc) is 2.86. The fourth-order valence-corrected chi connectivity index (χ4v) is 2.51. The van der Waals surface area contributed by atoms with Crippen LogP contribution in [0.1, 0.15) is 18.9 Å². The van der Waals surface area contributed by atoms with Crippen molar-refractivity contribution in [3.05, 3.63) is 23.9 Å². The molecular formula is C14H23N3O. The van der Waals surface area contributed by atoms with Gasteiger partial charge in [-0.25, -0.2) is 4.98 Å². The third-order valence-corrected chi connectivity index (χ3v) is 3.42. The van der Waals surface area contributed by atoms with Crippen molar-refractivity contribution in [3.63, 3.8) is 0 Å². The van der Waals surface area contributed by atoms with Crippen LogP contribution in [0.2, 0.25) is 0 Å². The summed E-state index contributed by atoms with van der Waals surface area (Å²) in [6.45, 7) is 7.01. The number of ether oxygens (including phenoxy) is 1. The van der Waals surface area contributed by atoms with E-state index in [1.165, 1.54) is 12.0 Å². The zero-order valence-corrected chi connectivity index (χ0v) is 11.4. The molecule has 4 nitrogen and oxygen atoms in total. The maximum atomic E-state index is 5.25. The summed E-state index contributed by atoms with van der Waals surface area (Å²) in [6, 6.07) is 4.17. The Labute approximate surface area is 109 Å². The quantitative estimate of drug-likeness (QED) is 0.832. The van der Waals surface area contributed by atoms with Crippen molar-refractivity contribution in [1.82, 2.24) is 10.3 Å². The summed E-state index contributed by atoms with van der Waals surface area (Å²) in [4.78, 5) is 6.94. The van der Waals surface area contributed by atoms with E-state index in [2.05, 4.69) is 28.2 Å². The normalized spacial score (nSPS) is 19.4. The maximum Gasteiger partial charge on any atom is 0.133 e. The van der Waals surface area contributed by atoms with Gasteiger partial charge in [-0.1, -0.05) is 13.0 Å². The second-order valence-electron chi connectivity index (χ2n) is 4.82. The van der Waals surface area contributed by atoms with Crippen LogP contribution < -0.4 is 10.2 Å². The molecule has 0 saturated carbocycles. The molecule has 1 saturated heterocycles. The van der Waals surface area contributed by atoms with Crippen LogP contribution in [0.5, 0.6) is 0 Å². The smallest absolute Gasteiger partial charge is 0.133 e. The summed E-state index contributed by atoms with van der Waals surface area (Å²) >= 11 is 0. The van der Waals surface area contributed by atoms with Gasteiger partial charge in [0.1, 0.15) is 5.82 Å². The van der Waals surface area contributed by atoms with E-state index >= 15 is 0 Å². The van der Waals surface area contributed by atoms with Crippen LogP contribution >= 0.6 is 0 Å². The van der Waals surface area contributed by atoms with Crippen LogP contribution in [0, 0.1) is 5.92 Å². The van der Waals surface area contributed by atoms with Crippen molar-refractivity contribution >= 4 is 5.82 Å². The molecule has 1 aromatic rings. The molecule has 100 valence electrons. The highest BCUT2D eigenvalue weighted by atomic mass is 16.5. The van der Waals surface area contributed by atoms with Crippen molar-refractivity contribution < 1.29 is 4.74 Å². The van der Waals surface area contributed by atoms with Crippen LogP contribution in [0.3, 0.4) is 0 Å². The molecule has 1 fully saturated rings. The van der Waals surface area contributed by atoms with Gasteiger partial charge in [0, 0.05) is 44.4 Å². The minimum absolute atomic E-state index is 0.643. The molecule has 1 aromatic heterocycles. The Hall–Kier alpha value is -1.13. The Bertz CT molecular complexity index is 370. The highest BCUT2D eigenvalue weighted by Gasteiger charge is 2.24. The lowest BCUT2D eigenvalue weighted by Crippen LogP contribution is -2.24. The Balaban J connectivity index is 2.04. The molecule has 1 N–H and O–H groups in total. The number of aromatic nitrogens is 1. The molecule has 0 aliphatic carbocycles. The Morgan fingerprint density at radius 1 is 1.56 bits per heavy atom. The minimum atomic E-state index is 0.643. The molecule has 0 spiro atoms. The number of rotatable bonds is 6. The minimum Gasteiger partial charge on any atom is -0.384 e. The van der Waals surface area contributed by atoms with Gasteiger partial charge in [0.2, 0.25) is 0 Å². The van der Waals surface area contributed by atoms with E-state index in [9.17, 15) is 0 Å². The molecule has 18 heavy (non-hydrogen) atoms. The Morgan fingerprint density at radius 3 is 3.22 bits per heavy atom. The monoisotopic (exact) mass is 249 g/mol. The fourth-order valence-electron chi connectivity index (χ4n) is 2.51. The average molecular weight is 249 g/mol. The van der Waals surface area contributed by atoms with Crippen LogP contribution in [0.15, 0.2) is 18.3 Å². The molecule has 1 atom stereocenters. The number of anilines is 1. The lowest BCUT2D eigenvalue weighted by atomic mass is 10.1. The summed E-state index contributed by atoms with van der Waals surface area (Å²) in [7, 11) is 1.78. The van der Waals surface area contributed by atoms with E-state index in [0.717, 1.165) is 38.6 Å². The lowest BCUT2D eigenvalue weighted by molar-refractivity contribution is 0.161. The van der Waals surface area contributed by atoms with Crippen molar-refractivity contribution in [2.45, 2.75) is 19.9 Å². The number of methoxy groups -OCH3 is 1. The van der Waals surface area contributed by atoms with Crippen LogP contribution in [0.4, 0.5) is 5.82 Å². The first-order chi connectivity index (χ1) is 8.85. The van der Waals surface area contributed by atoms with E-state index in [1.54, 1.807) is 7.11 Å². The second kappa shape index (κ2) is 6.71. The van der Waals surface area contributed by atoms with Gasteiger partial charge in [-0.3, -0.25) is 0 Å². The van der Waals surface area contributed by atoms with Crippen molar-refractivity contribution in [3.8, 4) is 0 Å². The molecule has 4 heteroatoms. The number of pyridine rings is 1. The van der Waals surface area contributed by atoms with Gasteiger partial charge in [-0.2, -0.15) is 0 Å². The highest BCUT2D eigenvalue weighted by Crippen LogP contribution is 2.25. The van der Waals surface area contributed by atoms with E-state index in [4.69, 9.17) is 4.74 Å². The third kappa shape index (κ3) is 3.21. The summed E-state index contributed by atoms with van der Waals surface area (Å²) in [5.74, 6) is 1.78. The molecule has 2 rings (SSSR count). The van der Waals surface area contributed by atoms with Gasteiger partial charge in [0.25, 0.3) is 0 Å². The van der Waals surface area contributed by atoms with Crippen molar-refractivity contribution in [2.75, 3.05) is 38.3 Å². The van der Waals surface area contributed by atoms with Crippen LogP contribution in [-0.4, -0.2) is 38.3 Å². The van der Waals surface area contributed by atoms with Crippen LogP contribution in [-0.2, 0) is 11.3 Å². The number of hydrogen-bond acceptors (Lipinski definition) is 4. The van der Waals surface area contributed by atoms with E-state index < -0.39 is 0 Å². The predicted octanol–water partition coefficient (Wildman–Crippen LogP) is 1.66. The van der Waals surface area contributed by atoms with E-state index in [-0.39, 0.29) is 0 Å². The summed E-state index contributed by atoms with van der Waals surface area (Å²) in [5, 5.41) is 3.37. The van der Waals surface area contributed by atoms with Gasteiger partial charge in [-0.15, -0.1) is 0 Å². The molecule has 0 bridgehead atoms. The summed E-state index contributed by atoms with van der Waals surface area (Å²) in [6.07, 6.45) is 3.08. The van der Waals surface area contributed by atoms with Gasteiger partial charge < -0.3 is 15.0 Å². The molecular weight excluding hydrogens is 226 g/mol. The zero-order chi connectivity index (χ0) is 12.8. The maximum absolute atomic E-state index is 5.25. The fraction of sp³-hybridized carbons (Fsp3) is 0.643. The zero-order valence-electron chi connectivity index (χ0n) is 11.4. The Morgan fingerprint density at radius 2 is 2.44 bits per heavy atom. The second-order valence-corrected chi connectivity index (χ2v) is 4.82. The first-order valence-electron chi connectivity index (χ1n) is 6.73. The number of nitrogens with one attached hydrogen (secondary N) is 1. The first kappa shape index (κ1) is 13.3. The van der Waals surface area contributed by atoms with Gasteiger partial charge in [0.05, 0.1) is 6.61 Å². The standard InChI is InChI=1S/C14H23N3O/c1-3-15-9-13-5-4-7-16-14(13)17-8-6-12(10-17)11-18-2/h4-5,7,12,15H,3,6,8-11H2,1-2H3. The van der Waals surface area contributed by atoms with Crippen molar-refractivity contribution in [1.29, 1.82) is 0 Å². The highest BCUT2D eigenvalue weighted by molar-refractivity contribution is 5.47. The SMILES string of the molecule is CCNCc1cccnc1N1CCC(COC)C1. The van der Waals surface area contributed by atoms with Gasteiger partial charge in [0.15, 0.2) is 0 Å². The van der Waals surface area contributed by atoms with E-state index in [1.807, 2.05) is 12.3 Å². The molecule has 1 aliphatic heterocycles. The lowest BCUT2D eigenvalue weighted by Gasteiger charge is -2.20. The molecule has 0 amide bonds. The van der Waals surface area contributed by atoms with E-state index in [0.29, 0.717) is 5.92 Å².